The molecule has 0 saturated carbocycles. The fourth-order valence-corrected chi connectivity index (χ4v) is 3.54. The fraction of sp³-hybridized carbons (Fsp3) is 0.550. The second kappa shape index (κ2) is 6.50. The Hall–Kier alpha value is -1.97. The topological polar surface area (TPSA) is 54.1 Å². The van der Waals surface area contributed by atoms with Crippen LogP contribution >= 0.6 is 0 Å². The van der Waals surface area contributed by atoms with Crippen molar-refractivity contribution in [2.75, 3.05) is 6.54 Å². The second-order valence-corrected chi connectivity index (χ2v) is 7.78. The van der Waals surface area contributed by atoms with E-state index in [0.29, 0.717) is 6.54 Å². The third kappa shape index (κ3) is 3.74. The Bertz CT molecular complexity index is 753. The Balaban J connectivity index is 1.72. The van der Waals surface area contributed by atoms with Gasteiger partial charge < -0.3 is 15.0 Å². The Labute approximate surface area is 144 Å². The third-order valence-corrected chi connectivity index (χ3v) is 4.63. The van der Waals surface area contributed by atoms with Crippen LogP contribution in [0.4, 0.5) is 4.79 Å². The number of aromatic amines is 1. The van der Waals surface area contributed by atoms with Gasteiger partial charge in [0, 0.05) is 23.1 Å². The number of fused-ring (bicyclic) bond motifs is 2. The average Bonchev–Trinajstić information content (AvgIpc) is 2.78. The summed E-state index contributed by atoms with van der Waals surface area (Å²) in [6.07, 6.45) is 5.42. The minimum atomic E-state index is -0.458. The molecule has 2 N–H and O–H groups in total. The number of hydrogen-bond donors (Lipinski definition) is 2. The van der Waals surface area contributed by atoms with E-state index in [1.807, 2.05) is 20.8 Å². The van der Waals surface area contributed by atoms with Gasteiger partial charge in [0.2, 0.25) is 0 Å². The van der Waals surface area contributed by atoms with Crippen molar-refractivity contribution < 1.29 is 9.53 Å². The molecule has 0 bridgehead atoms. The highest BCUT2D eigenvalue weighted by Gasteiger charge is 2.17. The standard InChI is InChI=1S/C20H28N2O2/c1-13-16(9-10-21-19(23)24-20(2,3)4)17-11-14-7-5-6-8-15(14)12-18(17)22-13/h11-12,22H,5-10H2,1-4H3,(H,21,23). The molecule has 0 radical (unpaired) electrons. The Morgan fingerprint density at radius 2 is 1.88 bits per heavy atom. The minimum absolute atomic E-state index is 0.350. The lowest BCUT2D eigenvalue weighted by atomic mass is 9.90. The van der Waals surface area contributed by atoms with E-state index in [1.165, 1.54) is 59.0 Å². The Morgan fingerprint density at radius 3 is 2.54 bits per heavy atom. The number of aryl methyl sites for hydroxylation is 3. The minimum Gasteiger partial charge on any atom is -0.444 e. The molecule has 1 amide bonds. The van der Waals surface area contributed by atoms with Gasteiger partial charge in [-0.2, -0.15) is 0 Å². The molecule has 0 aliphatic heterocycles. The van der Waals surface area contributed by atoms with E-state index in [0.717, 1.165) is 6.42 Å². The average molecular weight is 328 g/mol. The van der Waals surface area contributed by atoms with Crippen LogP contribution in [0.3, 0.4) is 0 Å². The molecule has 0 unspecified atom stereocenters. The number of aromatic nitrogens is 1. The van der Waals surface area contributed by atoms with Crippen molar-refractivity contribution in [3.63, 3.8) is 0 Å². The normalized spacial score (nSPS) is 14.5. The SMILES string of the molecule is Cc1[nH]c2cc3c(cc2c1CCNC(=O)OC(C)(C)C)CCCC3. The third-order valence-electron chi connectivity index (χ3n) is 4.63. The summed E-state index contributed by atoms with van der Waals surface area (Å²) in [7, 11) is 0. The zero-order valence-corrected chi connectivity index (χ0v) is 15.2. The molecule has 4 nitrogen and oxygen atoms in total. The maximum absolute atomic E-state index is 11.8. The second-order valence-electron chi connectivity index (χ2n) is 7.78. The number of carbonyl (C=O) groups is 1. The number of rotatable bonds is 3. The first-order valence-electron chi connectivity index (χ1n) is 8.93. The number of carbonyl (C=O) groups excluding carboxylic acids is 1. The van der Waals surface area contributed by atoms with Gasteiger partial charge >= 0.3 is 6.09 Å². The quantitative estimate of drug-likeness (QED) is 0.876. The maximum atomic E-state index is 11.8. The highest BCUT2D eigenvalue weighted by atomic mass is 16.6. The van der Waals surface area contributed by atoms with Crippen LogP contribution in [0.1, 0.15) is 56.0 Å². The van der Waals surface area contributed by atoms with Crippen molar-refractivity contribution >= 4 is 17.0 Å². The van der Waals surface area contributed by atoms with Gasteiger partial charge in [-0.3, -0.25) is 0 Å². The number of amides is 1. The lowest BCUT2D eigenvalue weighted by Crippen LogP contribution is -2.33. The van der Waals surface area contributed by atoms with Crippen LogP contribution in [0.5, 0.6) is 0 Å². The van der Waals surface area contributed by atoms with Crippen LogP contribution < -0.4 is 5.32 Å². The molecule has 1 heterocycles. The highest BCUT2D eigenvalue weighted by molar-refractivity contribution is 5.86. The molecule has 1 aliphatic rings. The molecule has 2 aromatic rings. The molecule has 1 aromatic heterocycles. The van der Waals surface area contributed by atoms with E-state index in [9.17, 15) is 4.79 Å². The largest absolute Gasteiger partial charge is 0.444 e. The van der Waals surface area contributed by atoms with Gasteiger partial charge in [0.05, 0.1) is 0 Å². The monoisotopic (exact) mass is 328 g/mol. The number of benzene rings is 1. The summed E-state index contributed by atoms with van der Waals surface area (Å²) in [5.74, 6) is 0. The van der Waals surface area contributed by atoms with Gasteiger partial charge in [0.25, 0.3) is 0 Å². The van der Waals surface area contributed by atoms with Crippen molar-refractivity contribution in [2.45, 2.75) is 65.4 Å². The van der Waals surface area contributed by atoms with E-state index in [-0.39, 0.29) is 6.09 Å². The van der Waals surface area contributed by atoms with Gasteiger partial charge in [0.1, 0.15) is 5.60 Å². The smallest absolute Gasteiger partial charge is 0.407 e. The number of ether oxygens (including phenoxy) is 1. The summed E-state index contributed by atoms with van der Waals surface area (Å²) < 4.78 is 5.29. The van der Waals surface area contributed by atoms with E-state index < -0.39 is 5.60 Å². The lowest BCUT2D eigenvalue weighted by Gasteiger charge is -2.19. The first-order chi connectivity index (χ1) is 11.3. The molecule has 1 aliphatic carbocycles. The van der Waals surface area contributed by atoms with Gasteiger partial charge in [-0.25, -0.2) is 4.79 Å². The first-order valence-corrected chi connectivity index (χ1v) is 8.93. The fourth-order valence-electron chi connectivity index (χ4n) is 3.54. The van der Waals surface area contributed by atoms with Crippen molar-refractivity contribution in [1.29, 1.82) is 0 Å². The van der Waals surface area contributed by atoms with Crippen molar-refractivity contribution in [3.8, 4) is 0 Å². The molecule has 130 valence electrons. The maximum Gasteiger partial charge on any atom is 0.407 e. The lowest BCUT2D eigenvalue weighted by molar-refractivity contribution is 0.0528. The number of nitrogens with one attached hydrogen (secondary N) is 2. The summed E-state index contributed by atoms with van der Waals surface area (Å²) in [5.41, 5.74) is 6.25. The molecule has 3 rings (SSSR count). The van der Waals surface area contributed by atoms with Gasteiger partial charge in [-0.15, -0.1) is 0 Å². The molecule has 0 saturated heterocycles. The summed E-state index contributed by atoms with van der Waals surface area (Å²) in [4.78, 5) is 15.3. The van der Waals surface area contributed by atoms with Gasteiger partial charge in [0.15, 0.2) is 0 Å². The van der Waals surface area contributed by atoms with Crippen LogP contribution in [0, 0.1) is 6.92 Å². The zero-order valence-electron chi connectivity index (χ0n) is 15.2. The van der Waals surface area contributed by atoms with Crippen LogP contribution in [0.2, 0.25) is 0 Å². The molecular weight excluding hydrogens is 300 g/mol. The number of hydrogen-bond acceptors (Lipinski definition) is 2. The highest BCUT2D eigenvalue weighted by Crippen LogP contribution is 2.30. The predicted molar refractivity (Wildman–Crippen MR) is 97.6 cm³/mol. The van der Waals surface area contributed by atoms with Crippen LogP contribution in [-0.4, -0.2) is 23.2 Å². The van der Waals surface area contributed by atoms with E-state index in [1.54, 1.807) is 0 Å². The van der Waals surface area contributed by atoms with Crippen LogP contribution in [-0.2, 0) is 24.0 Å². The molecule has 0 atom stereocenters. The molecular formula is C20H28N2O2. The first kappa shape index (κ1) is 16.9. The number of alkyl carbamates (subject to hydrolysis) is 1. The van der Waals surface area contributed by atoms with Crippen LogP contribution in [0.25, 0.3) is 10.9 Å². The van der Waals surface area contributed by atoms with Crippen LogP contribution in [0.15, 0.2) is 12.1 Å². The van der Waals surface area contributed by atoms with Gasteiger partial charge in [-0.1, -0.05) is 0 Å². The molecule has 1 aromatic carbocycles. The summed E-state index contributed by atoms with van der Waals surface area (Å²) in [6.45, 7) is 8.32. The van der Waals surface area contributed by atoms with Crippen molar-refractivity contribution in [2.24, 2.45) is 0 Å². The molecule has 24 heavy (non-hydrogen) atoms. The summed E-state index contributed by atoms with van der Waals surface area (Å²) in [6, 6.07) is 4.68. The zero-order chi connectivity index (χ0) is 17.3. The van der Waals surface area contributed by atoms with E-state index in [2.05, 4.69) is 29.4 Å². The van der Waals surface area contributed by atoms with Gasteiger partial charge in [-0.05, 0) is 88.6 Å². The molecule has 4 heteroatoms. The van der Waals surface area contributed by atoms with Crippen molar-refractivity contribution in [3.05, 3.63) is 34.5 Å². The van der Waals surface area contributed by atoms with Crippen molar-refractivity contribution in [1.82, 2.24) is 10.3 Å². The predicted octanol–water partition coefficient (Wildman–Crippen LogP) is 4.42. The Kier molecular flexibility index (Phi) is 4.57. The number of H-pyrrole nitrogens is 1. The van der Waals surface area contributed by atoms with E-state index >= 15 is 0 Å². The molecule has 0 fully saturated rings. The Morgan fingerprint density at radius 1 is 1.21 bits per heavy atom. The summed E-state index contributed by atoms with van der Waals surface area (Å²) >= 11 is 0. The molecule has 0 spiro atoms. The summed E-state index contributed by atoms with van der Waals surface area (Å²) in [5, 5.41) is 4.16. The van der Waals surface area contributed by atoms with E-state index in [4.69, 9.17) is 4.74 Å².